The van der Waals surface area contributed by atoms with Gasteiger partial charge >= 0.3 is 11.9 Å². The number of aromatic nitrogens is 2. The standard InChI is InChI=1S/C15H20ClN3O5/c1-3-23-13(20)12(14(21)24-4-2)10-9-11(16)18-15(17-10)19-5-7-22-8-6-19/h9,12H,3-8H2,1-2H3. The summed E-state index contributed by atoms with van der Waals surface area (Å²) in [6, 6.07) is 1.38. The Morgan fingerprint density at radius 3 is 2.33 bits per heavy atom. The molecular weight excluding hydrogens is 338 g/mol. The number of halogens is 1. The molecule has 0 atom stereocenters. The zero-order valence-electron chi connectivity index (χ0n) is 13.7. The predicted molar refractivity (Wildman–Crippen MR) is 86.1 cm³/mol. The van der Waals surface area contributed by atoms with Crippen molar-refractivity contribution in [2.75, 3.05) is 44.4 Å². The Morgan fingerprint density at radius 1 is 1.21 bits per heavy atom. The molecule has 0 radical (unpaired) electrons. The lowest BCUT2D eigenvalue weighted by atomic mass is 10.1. The van der Waals surface area contributed by atoms with Crippen LogP contribution in [0.3, 0.4) is 0 Å². The number of ether oxygens (including phenoxy) is 3. The number of anilines is 1. The SMILES string of the molecule is CCOC(=O)C(C(=O)OCC)c1cc(Cl)nc(N2CCOCC2)n1. The Hall–Kier alpha value is -1.93. The fourth-order valence-electron chi connectivity index (χ4n) is 2.26. The van der Waals surface area contributed by atoms with Crippen LogP contribution in [0, 0.1) is 0 Å². The van der Waals surface area contributed by atoms with E-state index in [0.717, 1.165) is 0 Å². The first-order valence-electron chi connectivity index (χ1n) is 7.77. The van der Waals surface area contributed by atoms with Gasteiger partial charge < -0.3 is 19.1 Å². The van der Waals surface area contributed by atoms with Gasteiger partial charge in [-0.05, 0) is 19.9 Å². The maximum Gasteiger partial charge on any atom is 0.326 e. The zero-order valence-corrected chi connectivity index (χ0v) is 14.4. The largest absolute Gasteiger partial charge is 0.465 e. The van der Waals surface area contributed by atoms with Crippen LogP contribution in [0.15, 0.2) is 6.07 Å². The van der Waals surface area contributed by atoms with Gasteiger partial charge in [-0.1, -0.05) is 11.6 Å². The number of morpholine rings is 1. The molecule has 132 valence electrons. The highest BCUT2D eigenvalue weighted by Crippen LogP contribution is 2.23. The van der Waals surface area contributed by atoms with E-state index >= 15 is 0 Å². The predicted octanol–water partition coefficient (Wildman–Crippen LogP) is 1.18. The summed E-state index contributed by atoms with van der Waals surface area (Å²) in [5.74, 6) is -2.39. The van der Waals surface area contributed by atoms with Crippen molar-refractivity contribution in [3.8, 4) is 0 Å². The lowest BCUT2D eigenvalue weighted by molar-refractivity contribution is -0.157. The second kappa shape index (κ2) is 8.79. The smallest absolute Gasteiger partial charge is 0.326 e. The Bertz CT molecular complexity index is 574. The highest BCUT2D eigenvalue weighted by atomic mass is 35.5. The lowest BCUT2D eigenvalue weighted by Crippen LogP contribution is -2.38. The van der Waals surface area contributed by atoms with Gasteiger partial charge in [-0.25, -0.2) is 9.97 Å². The number of carbonyl (C=O) groups excluding carboxylic acids is 2. The van der Waals surface area contributed by atoms with Crippen molar-refractivity contribution < 1.29 is 23.8 Å². The molecule has 0 aromatic carbocycles. The van der Waals surface area contributed by atoms with E-state index in [9.17, 15) is 9.59 Å². The second-order valence-corrected chi connectivity index (χ2v) is 5.34. The van der Waals surface area contributed by atoms with Crippen LogP contribution in [0.1, 0.15) is 25.5 Å². The molecule has 0 amide bonds. The minimum absolute atomic E-state index is 0.139. The lowest BCUT2D eigenvalue weighted by Gasteiger charge is -2.27. The zero-order chi connectivity index (χ0) is 17.5. The van der Waals surface area contributed by atoms with Crippen molar-refractivity contribution in [1.82, 2.24) is 9.97 Å². The second-order valence-electron chi connectivity index (χ2n) is 4.95. The van der Waals surface area contributed by atoms with Gasteiger partial charge in [0, 0.05) is 13.1 Å². The van der Waals surface area contributed by atoms with Crippen molar-refractivity contribution >= 4 is 29.5 Å². The van der Waals surface area contributed by atoms with Crippen LogP contribution in [-0.2, 0) is 23.8 Å². The van der Waals surface area contributed by atoms with Crippen molar-refractivity contribution in [1.29, 1.82) is 0 Å². The number of hydrogen-bond acceptors (Lipinski definition) is 8. The monoisotopic (exact) mass is 357 g/mol. The van der Waals surface area contributed by atoms with Crippen LogP contribution in [0.4, 0.5) is 5.95 Å². The van der Waals surface area contributed by atoms with Crippen LogP contribution < -0.4 is 4.90 Å². The average Bonchev–Trinajstić information content (AvgIpc) is 2.56. The maximum atomic E-state index is 12.2. The van der Waals surface area contributed by atoms with Crippen LogP contribution in [0.2, 0.25) is 5.15 Å². The summed E-state index contributed by atoms with van der Waals surface area (Å²) in [4.78, 5) is 34.8. The average molecular weight is 358 g/mol. The first kappa shape index (κ1) is 18.4. The maximum absolute atomic E-state index is 12.2. The summed E-state index contributed by atoms with van der Waals surface area (Å²) in [7, 11) is 0. The molecule has 0 bridgehead atoms. The van der Waals surface area contributed by atoms with E-state index < -0.39 is 17.9 Å². The third-order valence-electron chi connectivity index (χ3n) is 3.34. The van der Waals surface area contributed by atoms with E-state index in [-0.39, 0.29) is 24.1 Å². The van der Waals surface area contributed by atoms with Crippen LogP contribution in [0.5, 0.6) is 0 Å². The molecule has 1 saturated heterocycles. The first-order valence-corrected chi connectivity index (χ1v) is 8.15. The summed E-state index contributed by atoms with van der Waals surface area (Å²) in [5.41, 5.74) is 0.161. The Balaban J connectivity index is 2.35. The molecule has 1 aromatic rings. The fourth-order valence-corrected chi connectivity index (χ4v) is 2.45. The van der Waals surface area contributed by atoms with Gasteiger partial charge in [-0.2, -0.15) is 0 Å². The molecular formula is C15H20ClN3O5. The van der Waals surface area contributed by atoms with E-state index in [1.807, 2.05) is 4.90 Å². The van der Waals surface area contributed by atoms with E-state index in [4.69, 9.17) is 25.8 Å². The molecule has 1 aromatic heterocycles. The summed E-state index contributed by atoms with van der Waals surface area (Å²) in [5, 5.41) is 0.139. The summed E-state index contributed by atoms with van der Waals surface area (Å²) >= 11 is 6.06. The third-order valence-corrected chi connectivity index (χ3v) is 3.53. The third kappa shape index (κ3) is 4.55. The van der Waals surface area contributed by atoms with Gasteiger partial charge in [0.05, 0.1) is 32.1 Å². The van der Waals surface area contributed by atoms with Gasteiger partial charge in [0.25, 0.3) is 0 Å². The molecule has 0 spiro atoms. The summed E-state index contributed by atoms with van der Waals surface area (Å²) in [6.45, 7) is 5.90. The minimum Gasteiger partial charge on any atom is -0.465 e. The van der Waals surface area contributed by atoms with Crippen molar-refractivity contribution in [3.63, 3.8) is 0 Å². The molecule has 8 nitrogen and oxygen atoms in total. The van der Waals surface area contributed by atoms with Crippen molar-refractivity contribution in [2.45, 2.75) is 19.8 Å². The van der Waals surface area contributed by atoms with Gasteiger partial charge in [-0.15, -0.1) is 0 Å². The number of rotatable bonds is 6. The topological polar surface area (TPSA) is 90.9 Å². The van der Waals surface area contributed by atoms with Gasteiger partial charge in [-0.3, -0.25) is 9.59 Å². The number of nitrogens with zero attached hydrogens (tertiary/aromatic N) is 3. The van der Waals surface area contributed by atoms with Crippen LogP contribution in [0.25, 0.3) is 0 Å². The van der Waals surface area contributed by atoms with Gasteiger partial charge in [0.1, 0.15) is 5.15 Å². The minimum atomic E-state index is -1.29. The molecule has 2 heterocycles. The molecule has 2 rings (SSSR count). The van der Waals surface area contributed by atoms with Crippen molar-refractivity contribution in [3.05, 3.63) is 16.9 Å². The van der Waals surface area contributed by atoms with Gasteiger partial charge in [0.2, 0.25) is 5.95 Å². The Morgan fingerprint density at radius 2 is 1.79 bits per heavy atom. The number of carbonyl (C=O) groups is 2. The number of esters is 2. The quantitative estimate of drug-likeness (QED) is 0.426. The van der Waals surface area contributed by atoms with E-state index in [1.165, 1.54) is 6.07 Å². The van der Waals surface area contributed by atoms with Crippen molar-refractivity contribution in [2.24, 2.45) is 0 Å². The molecule has 24 heavy (non-hydrogen) atoms. The highest BCUT2D eigenvalue weighted by Gasteiger charge is 2.34. The van der Waals surface area contributed by atoms with Crippen LogP contribution in [-0.4, -0.2) is 61.4 Å². The molecule has 1 fully saturated rings. The molecule has 0 N–H and O–H groups in total. The Kier molecular flexibility index (Phi) is 6.74. The van der Waals surface area contributed by atoms with Crippen LogP contribution >= 0.6 is 11.6 Å². The molecule has 0 aliphatic carbocycles. The van der Waals surface area contributed by atoms with Gasteiger partial charge in [0.15, 0.2) is 5.92 Å². The Labute approximate surface area is 145 Å². The van der Waals surface area contributed by atoms with E-state index in [2.05, 4.69) is 9.97 Å². The number of hydrogen-bond donors (Lipinski definition) is 0. The molecule has 0 saturated carbocycles. The van der Waals surface area contributed by atoms with E-state index in [0.29, 0.717) is 32.3 Å². The first-order chi connectivity index (χ1) is 11.6. The molecule has 0 unspecified atom stereocenters. The molecule has 9 heteroatoms. The van der Waals surface area contributed by atoms with E-state index in [1.54, 1.807) is 13.8 Å². The molecule has 1 aliphatic rings. The summed E-state index contributed by atoms with van der Waals surface area (Å²) < 4.78 is 15.2. The summed E-state index contributed by atoms with van der Waals surface area (Å²) in [6.07, 6.45) is 0. The highest BCUT2D eigenvalue weighted by molar-refractivity contribution is 6.29. The molecule has 1 aliphatic heterocycles. The normalized spacial score (nSPS) is 14.6. The fraction of sp³-hybridized carbons (Fsp3) is 0.600.